The summed E-state index contributed by atoms with van der Waals surface area (Å²) in [6.45, 7) is 0.806. The van der Waals surface area contributed by atoms with Crippen molar-refractivity contribution in [3.05, 3.63) is 108 Å². The molecule has 0 fully saturated rings. The number of amides is 1. The van der Waals surface area contributed by atoms with Crippen molar-refractivity contribution in [2.24, 2.45) is 0 Å². The summed E-state index contributed by atoms with van der Waals surface area (Å²) < 4.78 is 11.0. The van der Waals surface area contributed by atoms with Gasteiger partial charge >= 0.3 is 0 Å². The lowest BCUT2D eigenvalue weighted by atomic mass is 10.00. The van der Waals surface area contributed by atoms with E-state index in [1.165, 1.54) is 0 Å². The topological polar surface area (TPSA) is 101 Å². The molecule has 1 aliphatic heterocycles. The third-order valence-corrected chi connectivity index (χ3v) is 6.78. The van der Waals surface area contributed by atoms with Crippen molar-refractivity contribution in [1.29, 1.82) is 0 Å². The number of hydrogen-bond donors (Lipinski definition) is 3. The molecule has 8 heteroatoms. The van der Waals surface area contributed by atoms with Crippen LogP contribution in [0.1, 0.15) is 15.9 Å². The molecule has 0 bridgehead atoms. The van der Waals surface area contributed by atoms with E-state index in [4.69, 9.17) is 14.5 Å². The van der Waals surface area contributed by atoms with Gasteiger partial charge in [0.25, 0.3) is 5.91 Å². The van der Waals surface area contributed by atoms with Gasteiger partial charge < -0.3 is 20.1 Å². The minimum atomic E-state index is -0.230. The molecule has 1 aliphatic rings. The molecule has 0 spiro atoms. The van der Waals surface area contributed by atoms with Crippen molar-refractivity contribution in [3.8, 4) is 22.6 Å². The number of pyridine rings is 1. The Hall–Kier alpha value is -5.37. The van der Waals surface area contributed by atoms with Crippen LogP contribution in [0.5, 0.6) is 11.5 Å². The number of carbonyl (C=O) groups excluding carboxylic acids is 1. The SMILES string of the molecule is O=C(Nc1ccc2cn[nH]c2c1)c1cc(NCc2ccccc2)nc2ccc(-c3ccc4c(c3)OCO4)cc12. The summed E-state index contributed by atoms with van der Waals surface area (Å²) in [5, 5.41) is 15.2. The largest absolute Gasteiger partial charge is 0.454 e. The van der Waals surface area contributed by atoms with Gasteiger partial charge in [0, 0.05) is 23.0 Å². The lowest BCUT2D eigenvalue weighted by Crippen LogP contribution is -2.14. The molecule has 190 valence electrons. The minimum Gasteiger partial charge on any atom is -0.454 e. The van der Waals surface area contributed by atoms with Crippen molar-refractivity contribution in [1.82, 2.24) is 15.2 Å². The molecule has 1 amide bonds. The molecule has 3 N–H and O–H groups in total. The maximum absolute atomic E-state index is 13.7. The highest BCUT2D eigenvalue weighted by Gasteiger charge is 2.17. The number of carbonyl (C=O) groups is 1. The molecule has 8 nitrogen and oxygen atoms in total. The first-order chi connectivity index (χ1) is 19.2. The van der Waals surface area contributed by atoms with Crippen molar-refractivity contribution in [2.75, 3.05) is 17.4 Å². The maximum Gasteiger partial charge on any atom is 0.256 e. The average molecular weight is 514 g/mol. The van der Waals surface area contributed by atoms with Crippen LogP contribution in [0.3, 0.4) is 0 Å². The number of benzene rings is 4. The van der Waals surface area contributed by atoms with Crippen LogP contribution in [0.4, 0.5) is 11.5 Å². The first kappa shape index (κ1) is 22.8. The van der Waals surface area contributed by atoms with E-state index in [0.29, 0.717) is 34.9 Å². The number of aromatic nitrogens is 3. The average Bonchev–Trinajstić information content (AvgIpc) is 3.65. The highest BCUT2D eigenvalue weighted by molar-refractivity contribution is 6.13. The number of nitrogens with one attached hydrogen (secondary N) is 3. The smallest absolute Gasteiger partial charge is 0.256 e. The molecule has 3 heterocycles. The zero-order valence-electron chi connectivity index (χ0n) is 20.8. The van der Waals surface area contributed by atoms with Crippen molar-refractivity contribution in [3.63, 3.8) is 0 Å². The molecular weight excluding hydrogens is 490 g/mol. The summed E-state index contributed by atoms with van der Waals surface area (Å²) >= 11 is 0. The van der Waals surface area contributed by atoms with E-state index in [9.17, 15) is 4.79 Å². The fourth-order valence-corrected chi connectivity index (χ4v) is 4.76. The van der Waals surface area contributed by atoms with Gasteiger partial charge in [-0.05, 0) is 65.2 Å². The lowest BCUT2D eigenvalue weighted by molar-refractivity contribution is 0.102. The maximum atomic E-state index is 13.7. The van der Waals surface area contributed by atoms with Gasteiger partial charge in [0.1, 0.15) is 5.82 Å². The standard InChI is InChI=1S/C31H23N5O3/c37-31(34-23-9-6-22-17-33-36-27(22)14-23)25-15-30(32-16-19-4-2-1-3-5-19)35-26-10-7-20(12-24(25)26)21-8-11-28-29(13-21)39-18-38-28/h1-15,17H,16,18H2,(H,32,35)(H,33,36)(H,34,37). The number of aromatic amines is 1. The van der Waals surface area contributed by atoms with E-state index >= 15 is 0 Å². The zero-order chi connectivity index (χ0) is 26.2. The van der Waals surface area contributed by atoms with E-state index in [2.05, 4.69) is 20.8 Å². The Morgan fingerprint density at radius 2 is 1.72 bits per heavy atom. The van der Waals surface area contributed by atoms with E-state index in [0.717, 1.165) is 38.7 Å². The van der Waals surface area contributed by atoms with Gasteiger partial charge in [-0.2, -0.15) is 5.10 Å². The molecule has 6 aromatic rings. The minimum absolute atomic E-state index is 0.216. The Labute approximate surface area is 223 Å². The van der Waals surface area contributed by atoms with Crippen LogP contribution in [0.25, 0.3) is 32.9 Å². The van der Waals surface area contributed by atoms with Gasteiger partial charge in [0.2, 0.25) is 6.79 Å². The van der Waals surface area contributed by atoms with Gasteiger partial charge in [-0.15, -0.1) is 0 Å². The van der Waals surface area contributed by atoms with Crippen LogP contribution >= 0.6 is 0 Å². The predicted octanol–water partition coefficient (Wildman–Crippen LogP) is 6.37. The Bertz CT molecular complexity index is 1850. The molecule has 4 aromatic carbocycles. The zero-order valence-corrected chi connectivity index (χ0v) is 20.8. The number of anilines is 2. The molecule has 0 atom stereocenters. The van der Waals surface area contributed by atoms with Crippen LogP contribution < -0.4 is 20.1 Å². The molecular formula is C31H23N5O3. The molecule has 0 aliphatic carbocycles. The van der Waals surface area contributed by atoms with Crippen molar-refractivity contribution in [2.45, 2.75) is 6.54 Å². The number of H-pyrrole nitrogens is 1. The van der Waals surface area contributed by atoms with E-state index in [1.807, 2.05) is 84.9 Å². The van der Waals surface area contributed by atoms with Gasteiger partial charge in [0.05, 0.1) is 22.8 Å². The summed E-state index contributed by atoms with van der Waals surface area (Å²) in [6, 6.07) is 29.3. The summed E-state index contributed by atoms with van der Waals surface area (Å²) in [6.07, 6.45) is 1.75. The number of nitrogens with zero attached hydrogens (tertiary/aromatic N) is 2. The summed E-state index contributed by atoms with van der Waals surface area (Å²) in [5.41, 5.74) is 5.78. The van der Waals surface area contributed by atoms with Crippen LogP contribution in [-0.4, -0.2) is 27.9 Å². The second-order valence-corrected chi connectivity index (χ2v) is 9.32. The second-order valence-electron chi connectivity index (χ2n) is 9.32. The van der Waals surface area contributed by atoms with Crippen molar-refractivity contribution < 1.29 is 14.3 Å². The first-order valence-corrected chi connectivity index (χ1v) is 12.6. The predicted molar refractivity (Wildman–Crippen MR) is 151 cm³/mol. The molecule has 2 aromatic heterocycles. The molecule has 0 saturated heterocycles. The monoisotopic (exact) mass is 513 g/mol. The van der Waals surface area contributed by atoms with E-state index in [1.54, 1.807) is 12.3 Å². The Balaban J connectivity index is 1.28. The lowest BCUT2D eigenvalue weighted by Gasteiger charge is -2.13. The number of ether oxygens (including phenoxy) is 2. The quantitative estimate of drug-likeness (QED) is 0.239. The Morgan fingerprint density at radius 3 is 2.64 bits per heavy atom. The first-order valence-electron chi connectivity index (χ1n) is 12.6. The van der Waals surface area contributed by atoms with E-state index < -0.39 is 0 Å². The highest BCUT2D eigenvalue weighted by Crippen LogP contribution is 2.37. The summed E-state index contributed by atoms with van der Waals surface area (Å²) in [5.74, 6) is 1.83. The van der Waals surface area contributed by atoms with Gasteiger partial charge in [-0.25, -0.2) is 4.98 Å². The number of fused-ring (bicyclic) bond motifs is 3. The third kappa shape index (κ3) is 4.48. The van der Waals surface area contributed by atoms with Crippen molar-refractivity contribution >= 4 is 39.2 Å². The van der Waals surface area contributed by atoms with Gasteiger partial charge in [0.15, 0.2) is 11.5 Å². The molecule has 7 rings (SSSR count). The molecule has 0 saturated carbocycles. The Morgan fingerprint density at radius 1 is 0.872 bits per heavy atom. The highest BCUT2D eigenvalue weighted by atomic mass is 16.7. The summed E-state index contributed by atoms with van der Waals surface area (Å²) in [7, 11) is 0. The van der Waals surface area contributed by atoms with Gasteiger partial charge in [-0.1, -0.05) is 42.5 Å². The fraction of sp³-hybridized carbons (Fsp3) is 0.0645. The third-order valence-electron chi connectivity index (χ3n) is 6.78. The normalized spacial score (nSPS) is 12.1. The molecule has 39 heavy (non-hydrogen) atoms. The van der Waals surface area contributed by atoms with E-state index in [-0.39, 0.29) is 12.7 Å². The van der Waals surface area contributed by atoms with Gasteiger partial charge in [-0.3, -0.25) is 9.89 Å². The number of hydrogen-bond acceptors (Lipinski definition) is 6. The van der Waals surface area contributed by atoms with Crippen LogP contribution in [0, 0.1) is 0 Å². The fourth-order valence-electron chi connectivity index (χ4n) is 4.76. The molecule has 0 radical (unpaired) electrons. The van der Waals surface area contributed by atoms with Crippen LogP contribution in [0.2, 0.25) is 0 Å². The number of rotatable bonds is 6. The Kier molecular flexibility index (Phi) is 5.55. The van der Waals surface area contributed by atoms with Crippen LogP contribution in [-0.2, 0) is 6.54 Å². The summed E-state index contributed by atoms with van der Waals surface area (Å²) in [4.78, 5) is 18.5. The second kappa shape index (κ2) is 9.50. The molecule has 0 unspecified atom stereocenters. The van der Waals surface area contributed by atoms with Crippen LogP contribution in [0.15, 0.2) is 97.2 Å².